The molecule has 1 atom stereocenters. The third-order valence-corrected chi connectivity index (χ3v) is 4.64. The van der Waals surface area contributed by atoms with Gasteiger partial charge in [-0.25, -0.2) is 8.78 Å². The molecule has 1 aliphatic heterocycles. The molecule has 3 aromatic rings. The minimum absolute atomic E-state index is 0.0823. The van der Waals surface area contributed by atoms with Crippen molar-refractivity contribution in [3.8, 4) is 11.5 Å². The summed E-state index contributed by atoms with van der Waals surface area (Å²) in [5.41, 5.74) is 0.961. The number of carbonyl (C=O) groups is 1. The molecule has 2 aromatic carbocycles. The van der Waals surface area contributed by atoms with E-state index in [1.165, 1.54) is 6.07 Å². The molecular formula is C20H18F2N4O2. The number of likely N-dealkylation sites (tertiary alicyclic amines) is 1. The Morgan fingerprint density at radius 3 is 2.79 bits per heavy atom. The van der Waals surface area contributed by atoms with Crippen molar-refractivity contribution < 1.29 is 18.1 Å². The summed E-state index contributed by atoms with van der Waals surface area (Å²) < 4.78 is 31.6. The highest BCUT2D eigenvalue weighted by atomic mass is 19.2. The lowest BCUT2D eigenvalue weighted by molar-refractivity contribution is 0.0937. The average molecular weight is 384 g/mol. The van der Waals surface area contributed by atoms with Gasteiger partial charge in [0.1, 0.15) is 0 Å². The van der Waals surface area contributed by atoms with E-state index in [9.17, 15) is 13.6 Å². The van der Waals surface area contributed by atoms with E-state index in [0.29, 0.717) is 24.8 Å². The highest BCUT2D eigenvalue weighted by Gasteiger charge is 2.25. The van der Waals surface area contributed by atoms with Crippen LogP contribution in [-0.2, 0) is 6.54 Å². The lowest BCUT2D eigenvalue weighted by Crippen LogP contribution is -2.37. The number of benzene rings is 2. The topological polar surface area (TPSA) is 71.3 Å². The maximum Gasteiger partial charge on any atom is 0.257 e. The van der Waals surface area contributed by atoms with Gasteiger partial charge in [-0.05, 0) is 36.8 Å². The van der Waals surface area contributed by atoms with Crippen LogP contribution in [0.1, 0.15) is 22.6 Å². The van der Waals surface area contributed by atoms with E-state index >= 15 is 0 Å². The molecule has 8 heteroatoms. The molecule has 1 amide bonds. The van der Waals surface area contributed by atoms with Crippen molar-refractivity contribution in [2.45, 2.75) is 19.0 Å². The van der Waals surface area contributed by atoms with Gasteiger partial charge < -0.3 is 9.84 Å². The van der Waals surface area contributed by atoms with E-state index in [-0.39, 0.29) is 11.6 Å². The molecule has 1 fully saturated rings. The van der Waals surface area contributed by atoms with Crippen LogP contribution in [0.4, 0.5) is 8.78 Å². The van der Waals surface area contributed by atoms with Crippen LogP contribution in [0.3, 0.4) is 0 Å². The Bertz CT molecular complexity index is 977. The molecule has 1 aliphatic rings. The Kier molecular flexibility index (Phi) is 5.12. The van der Waals surface area contributed by atoms with Crippen LogP contribution in [-0.4, -0.2) is 40.1 Å². The molecule has 0 aliphatic carbocycles. The number of halogens is 2. The highest BCUT2D eigenvalue weighted by molar-refractivity contribution is 5.94. The second-order valence-electron chi connectivity index (χ2n) is 6.70. The van der Waals surface area contributed by atoms with Crippen molar-refractivity contribution in [1.29, 1.82) is 0 Å². The molecule has 0 spiro atoms. The molecule has 1 saturated heterocycles. The minimum Gasteiger partial charge on any atom is -0.348 e. The fourth-order valence-corrected chi connectivity index (χ4v) is 3.22. The maximum atomic E-state index is 13.3. The molecule has 1 aromatic heterocycles. The molecule has 0 saturated carbocycles. The van der Waals surface area contributed by atoms with Crippen molar-refractivity contribution in [3.05, 3.63) is 71.6 Å². The van der Waals surface area contributed by atoms with Gasteiger partial charge in [-0.2, -0.15) is 4.98 Å². The summed E-state index contributed by atoms with van der Waals surface area (Å²) in [7, 11) is 0. The van der Waals surface area contributed by atoms with E-state index in [2.05, 4.69) is 20.4 Å². The van der Waals surface area contributed by atoms with E-state index in [1.807, 2.05) is 30.3 Å². The van der Waals surface area contributed by atoms with Crippen LogP contribution in [0, 0.1) is 11.6 Å². The number of nitrogens with one attached hydrogen (secondary N) is 1. The normalized spacial score (nSPS) is 17.0. The predicted octanol–water partition coefficient (Wildman–Crippen LogP) is 3.02. The van der Waals surface area contributed by atoms with Gasteiger partial charge in [-0.15, -0.1) is 0 Å². The van der Waals surface area contributed by atoms with Crippen molar-refractivity contribution in [2.24, 2.45) is 0 Å². The van der Waals surface area contributed by atoms with Gasteiger partial charge in [-0.1, -0.05) is 23.4 Å². The third kappa shape index (κ3) is 4.07. The predicted molar refractivity (Wildman–Crippen MR) is 97.2 cm³/mol. The summed E-state index contributed by atoms with van der Waals surface area (Å²) in [5.74, 6) is -1.38. The lowest BCUT2D eigenvalue weighted by Gasteiger charge is -2.15. The van der Waals surface area contributed by atoms with Gasteiger partial charge in [0, 0.05) is 30.3 Å². The molecular weight excluding hydrogens is 366 g/mol. The number of rotatable bonds is 5. The van der Waals surface area contributed by atoms with Crippen molar-refractivity contribution in [1.82, 2.24) is 20.4 Å². The first-order chi connectivity index (χ1) is 13.6. The van der Waals surface area contributed by atoms with Crippen molar-refractivity contribution in [3.63, 3.8) is 0 Å². The van der Waals surface area contributed by atoms with Gasteiger partial charge in [-0.3, -0.25) is 9.69 Å². The van der Waals surface area contributed by atoms with Crippen LogP contribution in [0.2, 0.25) is 0 Å². The number of amides is 1. The van der Waals surface area contributed by atoms with E-state index in [1.54, 1.807) is 0 Å². The van der Waals surface area contributed by atoms with Gasteiger partial charge in [0.2, 0.25) is 0 Å². The molecule has 144 valence electrons. The van der Waals surface area contributed by atoms with Crippen LogP contribution < -0.4 is 5.32 Å². The summed E-state index contributed by atoms with van der Waals surface area (Å²) >= 11 is 0. The molecule has 1 N–H and O–H groups in total. The molecule has 0 radical (unpaired) electrons. The summed E-state index contributed by atoms with van der Waals surface area (Å²) in [6.07, 6.45) is 0.749. The van der Waals surface area contributed by atoms with Crippen molar-refractivity contribution >= 4 is 5.91 Å². The lowest BCUT2D eigenvalue weighted by atomic mass is 10.1. The Morgan fingerprint density at radius 1 is 1.18 bits per heavy atom. The third-order valence-electron chi connectivity index (χ3n) is 4.64. The zero-order valence-electron chi connectivity index (χ0n) is 14.9. The molecule has 0 bridgehead atoms. The van der Waals surface area contributed by atoms with E-state index in [0.717, 1.165) is 30.7 Å². The average Bonchev–Trinajstić information content (AvgIpc) is 3.34. The Morgan fingerprint density at radius 2 is 2.00 bits per heavy atom. The van der Waals surface area contributed by atoms with Crippen LogP contribution >= 0.6 is 0 Å². The number of hydrogen-bond acceptors (Lipinski definition) is 5. The number of nitrogens with zero attached hydrogens (tertiary/aromatic N) is 3. The fraction of sp³-hybridized carbons (Fsp3) is 0.250. The van der Waals surface area contributed by atoms with Gasteiger partial charge >= 0.3 is 0 Å². The standard InChI is InChI=1S/C20H18F2N4O2/c21-16-7-6-14(10-17(16)22)19(27)23-15-8-9-26(11-15)12-18-24-20(28-25-18)13-4-2-1-3-5-13/h1-7,10,15H,8-9,11-12H2,(H,23,27). The summed E-state index contributed by atoms with van der Waals surface area (Å²) in [4.78, 5) is 18.7. The SMILES string of the molecule is O=C(NC1CCN(Cc2noc(-c3ccccc3)n2)C1)c1ccc(F)c(F)c1. The van der Waals surface area contributed by atoms with Crippen LogP contribution in [0.15, 0.2) is 53.1 Å². The first kappa shape index (κ1) is 18.2. The van der Waals surface area contributed by atoms with Gasteiger partial charge in [0.15, 0.2) is 17.5 Å². The molecule has 1 unspecified atom stereocenters. The largest absolute Gasteiger partial charge is 0.348 e. The number of aromatic nitrogens is 2. The Balaban J connectivity index is 1.32. The van der Waals surface area contributed by atoms with Gasteiger partial charge in [0.25, 0.3) is 11.8 Å². The van der Waals surface area contributed by atoms with E-state index in [4.69, 9.17) is 4.52 Å². The first-order valence-electron chi connectivity index (χ1n) is 8.95. The number of carbonyl (C=O) groups excluding carboxylic acids is 1. The Labute approximate surface area is 160 Å². The molecule has 28 heavy (non-hydrogen) atoms. The second-order valence-corrected chi connectivity index (χ2v) is 6.70. The minimum atomic E-state index is -1.04. The second kappa shape index (κ2) is 7.85. The molecule has 4 rings (SSSR count). The zero-order chi connectivity index (χ0) is 19.5. The Hall–Kier alpha value is -3.13. The number of hydrogen-bond donors (Lipinski definition) is 1. The zero-order valence-corrected chi connectivity index (χ0v) is 14.9. The smallest absolute Gasteiger partial charge is 0.257 e. The first-order valence-corrected chi connectivity index (χ1v) is 8.95. The summed E-state index contributed by atoms with van der Waals surface area (Å²) in [6.45, 7) is 1.89. The van der Waals surface area contributed by atoms with Crippen LogP contribution in [0.5, 0.6) is 0 Å². The summed E-state index contributed by atoms with van der Waals surface area (Å²) in [6, 6.07) is 12.6. The highest BCUT2D eigenvalue weighted by Crippen LogP contribution is 2.18. The van der Waals surface area contributed by atoms with E-state index < -0.39 is 17.5 Å². The summed E-state index contributed by atoms with van der Waals surface area (Å²) in [5, 5.41) is 6.87. The van der Waals surface area contributed by atoms with Crippen LogP contribution in [0.25, 0.3) is 11.5 Å². The van der Waals surface area contributed by atoms with Crippen molar-refractivity contribution in [2.75, 3.05) is 13.1 Å². The molecule has 2 heterocycles. The monoisotopic (exact) mass is 384 g/mol. The quantitative estimate of drug-likeness (QED) is 0.732. The van der Waals surface area contributed by atoms with Gasteiger partial charge in [0.05, 0.1) is 6.54 Å². The maximum absolute atomic E-state index is 13.3. The molecule has 6 nitrogen and oxygen atoms in total. The fourth-order valence-electron chi connectivity index (χ4n) is 3.22.